The van der Waals surface area contributed by atoms with E-state index in [2.05, 4.69) is 23.8 Å². The number of hydrogen-bond acceptors (Lipinski definition) is 3. The molecule has 1 heterocycles. The SMILES string of the molecule is CCc1nn(C)cc1C(CC(=O)O)N(CC)CC. The Morgan fingerprint density at radius 2 is 2.06 bits per heavy atom. The van der Waals surface area contributed by atoms with Gasteiger partial charge in [-0.2, -0.15) is 5.10 Å². The van der Waals surface area contributed by atoms with Crippen molar-refractivity contribution in [1.29, 1.82) is 0 Å². The molecule has 1 aromatic heterocycles. The number of aryl methyl sites for hydroxylation is 2. The summed E-state index contributed by atoms with van der Waals surface area (Å²) in [5.74, 6) is -0.766. The average molecular weight is 253 g/mol. The Morgan fingerprint density at radius 3 is 2.50 bits per heavy atom. The van der Waals surface area contributed by atoms with Gasteiger partial charge in [0.15, 0.2) is 0 Å². The highest BCUT2D eigenvalue weighted by molar-refractivity contribution is 5.68. The molecule has 0 aliphatic carbocycles. The van der Waals surface area contributed by atoms with Crippen LogP contribution in [-0.2, 0) is 18.3 Å². The second-order valence-electron chi connectivity index (χ2n) is 4.39. The van der Waals surface area contributed by atoms with Crippen LogP contribution in [0.3, 0.4) is 0 Å². The third-order valence-electron chi connectivity index (χ3n) is 3.25. The van der Waals surface area contributed by atoms with Gasteiger partial charge in [0, 0.05) is 24.8 Å². The number of carboxylic acids is 1. The van der Waals surface area contributed by atoms with Crippen LogP contribution in [0.25, 0.3) is 0 Å². The highest BCUT2D eigenvalue weighted by atomic mass is 16.4. The molecule has 1 rings (SSSR count). The molecule has 5 nitrogen and oxygen atoms in total. The van der Waals surface area contributed by atoms with Crippen LogP contribution in [0, 0.1) is 0 Å². The Kier molecular flexibility index (Phi) is 5.34. The van der Waals surface area contributed by atoms with E-state index in [4.69, 9.17) is 5.11 Å². The molecule has 0 aliphatic rings. The van der Waals surface area contributed by atoms with Crippen LogP contribution in [0.1, 0.15) is 44.5 Å². The lowest BCUT2D eigenvalue weighted by Gasteiger charge is -2.28. The normalized spacial score (nSPS) is 12.9. The van der Waals surface area contributed by atoms with Gasteiger partial charge in [-0.05, 0) is 19.5 Å². The van der Waals surface area contributed by atoms with Gasteiger partial charge in [-0.25, -0.2) is 0 Å². The average Bonchev–Trinajstić information content (AvgIpc) is 2.70. The summed E-state index contributed by atoms with van der Waals surface area (Å²) in [6.07, 6.45) is 2.90. The minimum Gasteiger partial charge on any atom is -0.481 e. The first kappa shape index (κ1) is 14.7. The van der Waals surface area contributed by atoms with Gasteiger partial charge in [0.25, 0.3) is 0 Å². The molecule has 0 amide bonds. The highest BCUT2D eigenvalue weighted by Gasteiger charge is 2.25. The first-order chi connectivity index (χ1) is 8.53. The highest BCUT2D eigenvalue weighted by Crippen LogP contribution is 2.26. The number of aliphatic carboxylic acids is 1. The van der Waals surface area contributed by atoms with E-state index in [1.165, 1.54) is 0 Å². The minimum atomic E-state index is -0.766. The molecule has 0 saturated carbocycles. The van der Waals surface area contributed by atoms with Gasteiger partial charge in [-0.15, -0.1) is 0 Å². The van der Waals surface area contributed by atoms with Crippen molar-refractivity contribution in [2.75, 3.05) is 13.1 Å². The standard InChI is InChI=1S/C13H23N3O2/c1-5-11-10(9-15(4)14-11)12(8-13(17)18)16(6-2)7-3/h9,12H,5-8H2,1-4H3,(H,17,18). The maximum absolute atomic E-state index is 11.1. The molecule has 0 saturated heterocycles. The van der Waals surface area contributed by atoms with Crippen LogP contribution < -0.4 is 0 Å². The fraction of sp³-hybridized carbons (Fsp3) is 0.692. The largest absolute Gasteiger partial charge is 0.481 e. The van der Waals surface area contributed by atoms with E-state index in [0.717, 1.165) is 30.8 Å². The van der Waals surface area contributed by atoms with Crippen molar-refractivity contribution in [2.45, 2.75) is 39.7 Å². The van der Waals surface area contributed by atoms with Crippen molar-refractivity contribution in [1.82, 2.24) is 14.7 Å². The van der Waals surface area contributed by atoms with Crippen molar-refractivity contribution in [3.63, 3.8) is 0 Å². The molecule has 1 N–H and O–H groups in total. The van der Waals surface area contributed by atoms with Gasteiger partial charge in [0.05, 0.1) is 12.1 Å². The topological polar surface area (TPSA) is 58.4 Å². The summed E-state index contributed by atoms with van der Waals surface area (Å²) >= 11 is 0. The molecule has 0 radical (unpaired) electrons. The molecule has 1 atom stereocenters. The van der Waals surface area contributed by atoms with E-state index in [1.54, 1.807) is 4.68 Å². The summed E-state index contributed by atoms with van der Waals surface area (Å²) in [5, 5.41) is 13.5. The number of carbonyl (C=O) groups is 1. The molecule has 0 bridgehead atoms. The van der Waals surface area contributed by atoms with Crippen LogP contribution in [0.4, 0.5) is 0 Å². The zero-order chi connectivity index (χ0) is 13.7. The minimum absolute atomic E-state index is 0.0823. The third kappa shape index (κ3) is 3.32. The molecular formula is C13H23N3O2. The zero-order valence-corrected chi connectivity index (χ0v) is 11.7. The first-order valence-electron chi connectivity index (χ1n) is 6.51. The fourth-order valence-electron chi connectivity index (χ4n) is 2.37. The maximum Gasteiger partial charge on any atom is 0.305 e. The Labute approximate surface area is 108 Å². The van der Waals surface area contributed by atoms with Crippen LogP contribution in [0.2, 0.25) is 0 Å². The van der Waals surface area contributed by atoms with Crippen LogP contribution in [-0.4, -0.2) is 38.8 Å². The summed E-state index contributed by atoms with van der Waals surface area (Å²) in [6.45, 7) is 7.84. The second-order valence-corrected chi connectivity index (χ2v) is 4.39. The lowest BCUT2D eigenvalue weighted by Crippen LogP contribution is -2.30. The van der Waals surface area contributed by atoms with Crippen LogP contribution in [0.5, 0.6) is 0 Å². The van der Waals surface area contributed by atoms with Gasteiger partial charge >= 0.3 is 5.97 Å². The molecule has 5 heteroatoms. The lowest BCUT2D eigenvalue weighted by atomic mass is 10.0. The number of nitrogens with zero attached hydrogens (tertiary/aromatic N) is 3. The Morgan fingerprint density at radius 1 is 1.44 bits per heavy atom. The van der Waals surface area contributed by atoms with Crippen molar-refractivity contribution >= 4 is 5.97 Å². The summed E-state index contributed by atoms with van der Waals surface area (Å²) in [4.78, 5) is 13.2. The Balaban J connectivity index is 3.11. The molecule has 1 unspecified atom stereocenters. The molecule has 102 valence electrons. The number of carboxylic acid groups (broad SMARTS) is 1. The van der Waals surface area contributed by atoms with E-state index < -0.39 is 5.97 Å². The van der Waals surface area contributed by atoms with Crippen molar-refractivity contribution in [2.24, 2.45) is 7.05 Å². The Bertz CT molecular complexity index is 397. The van der Waals surface area contributed by atoms with Gasteiger partial charge in [0.2, 0.25) is 0 Å². The summed E-state index contributed by atoms with van der Waals surface area (Å²) in [5.41, 5.74) is 2.04. The molecule has 18 heavy (non-hydrogen) atoms. The number of aromatic nitrogens is 2. The van der Waals surface area contributed by atoms with E-state index in [-0.39, 0.29) is 12.5 Å². The molecule has 0 fully saturated rings. The quantitative estimate of drug-likeness (QED) is 0.805. The molecule has 0 aromatic carbocycles. The third-order valence-corrected chi connectivity index (χ3v) is 3.25. The van der Waals surface area contributed by atoms with E-state index in [9.17, 15) is 4.79 Å². The fourth-order valence-corrected chi connectivity index (χ4v) is 2.37. The Hall–Kier alpha value is -1.36. The smallest absolute Gasteiger partial charge is 0.305 e. The molecular weight excluding hydrogens is 230 g/mol. The maximum atomic E-state index is 11.1. The summed E-state index contributed by atoms with van der Waals surface area (Å²) in [7, 11) is 1.88. The second kappa shape index (κ2) is 6.54. The number of rotatable bonds is 7. The first-order valence-corrected chi connectivity index (χ1v) is 6.51. The van der Waals surface area contributed by atoms with Crippen LogP contribution in [0.15, 0.2) is 6.20 Å². The van der Waals surface area contributed by atoms with Gasteiger partial charge < -0.3 is 5.11 Å². The van der Waals surface area contributed by atoms with Crippen molar-refractivity contribution in [3.8, 4) is 0 Å². The number of hydrogen-bond donors (Lipinski definition) is 1. The molecule has 0 spiro atoms. The van der Waals surface area contributed by atoms with Crippen molar-refractivity contribution < 1.29 is 9.90 Å². The predicted molar refractivity (Wildman–Crippen MR) is 70.5 cm³/mol. The monoisotopic (exact) mass is 253 g/mol. The van der Waals surface area contributed by atoms with Gasteiger partial charge in [0.1, 0.15) is 0 Å². The van der Waals surface area contributed by atoms with E-state index >= 15 is 0 Å². The van der Waals surface area contributed by atoms with E-state index in [0.29, 0.717) is 0 Å². The molecule has 0 aliphatic heterocycles. The summed E-state index contributed by atoms with van der Waals surface area (Å²) in [6, 6.07) is -0.0823. The predicted octanol–water partition coefficient (Wildman–Crippen LogP) is 1.84. The molecule has 1 aromatic rings. The zero-order valence-electron chi connectivity index (χ0n) is 11.7. The van der Waals surface area contributed by atoms with E-state index in [1.807, 2.05) is 20.2 Å². The summed E-state index contributed by atoms with van der Waals surface area (Å²) < 4.78 is 1.77. The van der Waals surface area contributed by atoms with Crippen molar-refractivity contribution in [3.05, 3.63) is 17.5 Å². The van der Waals surface area contributed by atoms with Crippen LogP contribution >= 0.6 is 0 Å². The van der Waals surface area contributed by atoms with Gasteiger partial charge in [-0.3, -0.25) is 14.4 Å². The lowest BCUT2D eigenvalue weighted by molar-refractivity contribution is -0.138. The van der Waals surface area contributed by atoms with Gasteiger partial charge in [-0.1, -0.05) is 20.8 Å².